The number of β-amino-alcohol motifs (C(OH)–C–C–N with tert-alkyl or cyclic N) is 1. The van der Waals surface area contributed by atoms with Gasteiger partial charge in [0.05, 0.1) is 30.7 Å². The number of amides is 1. The van der Waals surface area contributed by atoms with Gasteiger partial charge < -0.3 is 20.1 Å². The van der Waals surface area contributed by atoms with E-state index in [1.807, 2.05) is 0 Å². The second-order valence-electron chi connectivity index (χ2n) is 6.10. The minimum absolute atomic E-state index is 0.164. The van der Waals surface area contributed by atoms with Crippen molar-refractivity contribution in [3.8, 4) is 0 Å². The van der Waals surface area contributed by atoms with Gasteiger partial charge in [-0.2, -0.15) is 0 Å². The maximum absolute atomic E-state index is 12.7. The molecule has 19 heavy (non-hydrogen) atoms. The number of piperidine rings is 1. The topological polar surface area (TPSA) is 61.8 Å². The second kappa shape index (κ2) is 5.77. The fraction of sp³-hybridized carbons (Fsp3) is 0.929. The zero-order valence-corrected chi connectivity index (χ0v) is 12.1. The molecule has 2 saturated heterocycles. The molecule has 2 fully saturated rings. The van der Waals surface area contributed by atoms with E-state index in [-0.39, 0.29) is 11.3 Å². The van der Waals surface area contributed by atoms with Crippen molar-refractivity contribution in [2.45, 2.75) is 38.2 Å². The molecule has 0 spiro atoms. The summed E-state index contributed by atoms with van der Waals surface area (Å²) in [5, 5.41) is 13.5. The van der Waals surface area contributed by atoms with Crippen LogP contribution in [0.4, 0.5) is 0 Å². The Labute approximate surface area is 115 Å². The number of ether oxygens (including phenoxy) is 1. The summed E-state index contributed by atoms with van der Waals surface area (Å²) < 4.78 is 5.29. The van der Waals surface area contributed by atoms with Crippen molar-refractivity contribution in [2.75, 3.05) is 39.9 Å². The maximum Gasteiger partial charge on any atom is 0.231 e. The van der Waals surface area contributed by atoms with Crippen LogP contribution in [0.5, 0.6) is 0 Å². The highest BCUT2D eigenvalue weighted by atomic mass is 16.5. The van der Waals surface area contributed by atoms with E-state index in [0.717, 1.165) is 38.8 Å². The Hall–Kier alpha value is -0.650. The van der Waals surface area contributed by atoms with Gasteiger partial charge in [0.15, 0.2) is 0 Å². The van der Waals surface area contributed by atoms with Crippen LogP contribution in [-0.2, 0) is 9.53 Å². The van der Waals surface area contributed by atoms with Gasteiger partial charge in [0, 0.05) is 7.11 Å². The van der Waals surface area contributed by atoms with Crippen LogP contribution in [0.3, 0.4) is 0 Å². The smallest absolute Gasteiger partial charge is 0.231 e. The van der Waals surface area contributed by atoms with Crippen LogP contribution in [-0.4, -0.2) is 61.4 Å². The molecule has 0 atom stereocenters. The summed E-state index contributed by atoms with van der Waals surface area (Å²) in [6.07, 6.45) is 3.37. The summed E-state index contributed by atoms with van der Waals surface area (Å²) in [5.74, 6) is 0.164. The Bertz CT molecular complexity index is 315. The van der Waals surface area contributed by atoms with E-state index in [1.54, 1.807) is 12.0 Å². The van der Waals surface area contributed by atoms with Crippen LogP contribution in [0.1, 0.15) is 32.6 Å². The van der Waals surface area contributed by atoms with Gasteiger partial charge in [0.2, 0.25) is 5.91 Å². The van der Waals surface area contributed by atoms with Gasteiger partial charge in [-0.25, -0.2) is 0 Å². The molecule has 5 heteroatoms. The van der Waals surface area contributed by atoms with Gasteiger partial charge >= 0.3 is 0 Å². The number of rotatable bonds is 5. The summed E-state index contributed by atoms with van der Waals surface area (Å²) in [5.41, 5.74) is -1.03. The summed E-state index contributed by atoms with van der Waals surface area (Å²) in [6.45, 7) is 5.24. The number of hydrogen-bond donors (Lipinski definition) is 2. The zero-order chi connectivity index (χ0) is 13.9. The molecule has 0 aromatic carbocycles. The van der Waals surface area contributed by atoms with Crippen molar-refractivity contribution < 1.29 is 14.6 Å². The lowest BCUT2D eigenvalue weighted by atomic mass is 9.76. The molecule has 5 nitrogen and oxygen atoms in total. The van der Waals surface area contributed by atoms with E-state index in [9.17, 15) is 9.90 Å². The number of carbonyl (C=O) groups excluding carboxylic acids is 1. The number of nitrogens with zero attached hydrogens (tertiary/aromatic N) is 1. The third kappa shape index (κ3) is 2.93. The van der Waals surface area contributed by atoms with Gasteiger partial charge in [-0.1, -0.05) is 13.3 Å². The van der Waals surface area contributed by atoms with Crippen molar-refractivity contribution in [3.63, 3.8) is 0 Å². The van der Waals surface area contributed by atoms with Crippen molar-refractivity contribution in [1.29, 1.82) is 0 Å². The predicted molar refractivity (Wildman–Crippen MR) is 72.9 cm³/mol. The lowest BCUT2D eigenvalue weighted by Gasteiger charge is -2.50. The fourth-order valence-corrected chi connectivity index (χ4v) is 3.37. The molecule has 2 N–H and O–H groups in total. The number of aliphatic hydroxyl groups is 1. The van der Waals surface area contributed by atoms with Crippen molar-refractivity contribution >= 4 is 5.91 Å². The van der Waals surface area contributed by atoms with Crippen LogP contribution in [0.2, 0.25) is 0 Å². The van der Waals surface area contributed by atoms with Crippen LogP contribution in [0.25, 0.3) is 0 Å². The molecule has 0 bridgehead atoms. The molecule has 0 aromatic heterocycles. The highest BCUT2D eigenvalue weighted by Gasteiger charge is 2.49. The molecule has 2 aliphatic rings. The highest BCUT2D eigenvalue weighted by molar-refractivity contribution is 5.84. The van der Waals surface area contributed by atoms with Gasteiger partial charge in [0.25, 0.3) is 0 Å². The molecule has 110 valence electrons. The quantitative estimate of drug-likeness (QED) is 0.758. The molecule has 0 aromatic rings. The lowest BCUT2D eigenvalue weighted by Crippen LogP contribution is -2.67. The van der Waals surface area contributed by atoms with Crippen molar-refractivity contribution in [2.24, 2.45) is 5.41 Å². The first-order valence-electron chi connectivity index (χ1n) is 7.27. The van der Waals surface area contributed by atoms with Crippen molar-refractivity contribution in [3.05, 3.63) is 0 Å². The summed E-state index contributed by atoms with van der Waals surface area (Å²) in [7, 11) is 1.65. The third-order valence-electron chi connectivity index (χ3n) is 4.41. The predicted octanol–water partition coefficient (Wildman–Crippen LogP) is 0.376. The normalized spacial score (nSPS) is 24.9. The van der Waals surface area contributed by atoms with Crippen LogP contribution >= 0.6 is 0 Å². The first-order chi connectivity index (χ1) is 9.05. The fourth-order valence-electron chi connectivity index (χ4n) is 3.37. The average Bonchev–Trinajstić information content (AvgIpc) is 2.36. The molecular formula is C14H26N2O3. The molecular weight excluding hydrogens is 244 g/mol. The van der Waals surface area contributed by atoms with Gasteiger partial charge in [0.1, 0.15) is 0 Å². The first-order valence-corrected chi connectivity index (χ1v) is 7.27. The van der Waals surface area contributed by atoms with Crippen LogP contribution < -0.4 is 5.32 Å². The zero-order valence-electron chi connectivity index (χ0n) is 12.1. The molecule has 0 radical (unpaired) electrons. The Morgan fingerprint density at radius 1 is 1.37 bits per heavy atom. The standard InChI is InChI=1S/C14H26N2O3/c1-3-4-14(18)9-16(10-14)12(17)13(11-19-2)5-7-15-8-6-13/h15,18H,3-11H2,1-2H3. The van der Waals surface area contributed by atoms with E-state index in [4.69, 9.17) is 4.74 Å². The molecule has 0 aliphatic carbocycles. The Morgan fingerprint density at radius 2 is 2.00 bits per heavy atom. The molecule has 0 unspecified atom stereocenters. The summed E-state index contributed by atoms with van der Waals surface area (Å²) in [4.78, 5) is 14.5. The minimum atomic E-state index is -0.647. The number of hydrogen-bond acceptors (Lipinski definition) is 4. The molecule has 0 saturated carbocycles. The Morgan fingerprint density at radius 3 is 2.53 bits per heavy atom. The summed E-state index contributed by atoms with van der Waals surface area (Å²) >= 11 is 0. The van der Waals surface area contributed by atoms with Crippen molar-refractivity contribution in [1.82, 2.24) is 10.2 Å². The summed E-state index contributed by atoms with van der Waals surface area (Å²) in [6, 6.07) is 0. The molecule has 2 rings (SSSR count). The number of nitrogens with one attached hydrogen (secondary N) is 1. The largest absolute Gasteiger partial charge is 0.386 e. The van der Waals surface area contributed by atoms with E-state index in [0.29, 0.717) is 19.7 Å². The molecule has 1 amide bonds. The third-order valence-corrected chi connectivity index (χ3v) is 4.41. The second-order valence-corrected chi connectivity index (χ2v) is 6.10. The Balaban J connectivity index is 1.98. The lowest BCUT2D eigenvalue weighted by molar-refractivity contribution is -0.171. The highest BCUT2D eigenvalue weighted by Crippen LogP contribution is 2.36. The van der Waals surface area contributed by atoms with Crippen LogP contribution in [0.15, 0.2) is 0 Å². The number of methoxy groups -OCH3 is 1. The maximum atomic E-state index is 12.7. The monoisotopic (exact) mass is 270 g/mol. The molecule has 2 heterocycles. The van der Waals surface area contributed by atoms with Gasteiger partial charge in [-0.15, -0.1) is 0 Å². The molecule has 2 aliphatic heterocycles. The number of likely N-dealkylation sites (tertiary alicyclic amines) is 1. The average molecular weight is 270 g/mol. The van der Waals surface area contributed by atoms with E-state index >= 15 is 0 Å². The Kier molecular flexibility index (Phi) is 4.48. The van der Waals surface area contributed by atoms with E-state index in [2.05, 4.69) is 12.2 Å². The van der Waals surface area contributed by atoms with E-state index < -0.39 is 5.60 Å². The first kappa shape index (κ1) is 14.8. The van der Waals surface area contributed by atoms with E-state index in [1.165, 1.54) is 0 Å². The SMILES string of the molecule is CCCC1(O)CN(C(=O)C2(COC)CCNCC2)C1. The number of carbonyl (C=O) groups is 1. The van der Waals surface area contributed by atoms with Gasteiger partial charge in [-0.3, -0.25) is 4.79 Å². The van der Waals surface area contributed by atoms with Crippen LogP contribution in [0, 0.1) is 5.41 Å². The minimum Gasteiger partial charge on any atom is -0.386 e. The van der Waals surface area contributed by atoms with Gasteiger partial charge in [-0.05, 0) is 32.4 Å².